The fraction of sp³-hybridized carbons (Fsp3) is 0.900. The number of nitrogens with two attached hydrogens (primary N) is 1. The molecule has 4 heteroatoms. The third kappa shape index (κ3) is 5.19. The van der Waals surface area contributed by atoms with Crippen molar-refractivity contribution < 1.29 is 14.3 Å². The molecule has 14 heavy (non-hydrogen) atoms. The molecule has 0 aliphatic heterocycles. The number of rotatable bonds is 6. The van der Waals surface area contributed by atoms with Crippen LogP contribution in [0.2, 0.25) is 0 Å². The number of methoxy groups -OCH3 is 1. The predicted molar refractivity (Wildman–Crippen MR) is 54.9 cm³/mol. The highest BCUT2D eigenvalue weighted by molar-refractivity contribution is 5.75. The van der Waals surface area contributed by atoms with Crippen LogP contribution in [0.3, 0.4) is 0 Å². The Hall–Kier alpha value is -0.610. The standard InChI is InChI=1S/C10H21NO3/c1-7(2)8(3)14-6-5-9(11)10(12)13-4/h7-9H,5-6,11H2,1-4H3. The van der Waals surface area contributed by atoms with Crippen LogP contribution in [-0.2, 0) is 14.3 Å². The Bertz CT molecular complexity index is 171. The second-order valence-electron chi connectivity index (χ2n) is 3.74. The zero-order chi connectivity index (χ0) is 11.1. The Balaban J connectivity index is 3.58. The maximum absolute atomic E-state index is 10.9. The van der Waals surface area contributed by atoms with Gasteiger partial charge in [0.05, 0.1) is 13.2 Å². The second-order valence-corrected chi connectivity index (χ2v) is 3.74. The zero-order valence-electron chi connectivity index (χ0n) is 9.45. The van der Waals surface area contributed by atoms with E-state index < -0.39 is 6.04 Å². The minimum Gasteiger partial charge on any atom is -0.468 e. The van der Waals surface area contributed by atoms with Crippen molar-refractivity contribution in [3.05, 3.63) is 0 Å². The van der Waals surface area contributed by atoms with Crippen LogP contribution < -0.4 is 5.73 Å². The molecule has 0 aliphatic rings. The first-order valence-corrected chi connectivity index (χ1v) is 4.94. The Kier molecular flexibility index (Phi) is 6.49. The van der Waals surface area contributed by atoms with Gasteiger partial charge in [-0.15, -0.1) is 0 Å². The van der Waals surface area contributed by atoms with Crippen LogP contribution >= 0.6 is 0 Å². The molecule has 0 heterocycles. The van der Waals surface area contributed by atoms with Crippen LogP contribution in [0.1, 0.15) is 27.2 Å². The minimum absolute atomic E-state index is 0.194. The molecule has 2 atom stereocenters. The van der Waals surface area contributed by atoms with Gasteiger partial charge in [-0.2, -0.15) is 0 Å². The molecular weight excluding hydrogens is 182 g/mol. The average Bonchev–Trinajstić information content (AvgIpc) is 2.15. The van der Waals surface area contributed by atoms with Gasteiger partial charge in [0.15, 0.2) is 0 Å². The highest BCUT2D eigenvalue weighted by Gasteiger charge is 2.14. The number of ether oxygens (including phenoxy) is 2. The quantitative estimate of drug-likeness (QED) is 0.652. The lowest BCUT2D eigenvalue weighted by atomic mass is 10.1. The van der Waals surface area contributed by atoms with E-state index in [0.717, 1.165) is 0 Å². The lowest BCUT2D eigenvalue weighted by Crippen LogP contribution is -2.33. The highest BCUT2D eigenvalue weighted by atomic mass is 16.5. The summed E-state index contributed by atoms with van der Waals surface area (Å²) in [7, 11) is 1.33. The Labute approximate surface area is 85.8 Å². The second kappa shape index (κ2) is 6.79. The Morgan fingerprint density at radius 1 is 1.36 bits per heavy atom. The number of carbonyl (C=O) groups excluding carboxylic acids is 1. The van der Waals surface area contributed by atoms with Gasteiger partial charge in [-0.25, -0.2) is 0 Å². The van der Waals surface area contributed by atoms with Crippen LogP contribution in [0.5, 0.6) is 0 Å². The van der Waals surface area contributed by atoms with E-state index in [4.69, 9.17) is 10.5 Å². The monoisotopic (exact) mass is 203 g/mol. The van der Waals surface area contributed by atoms with Gasteiger partial charge < -0.3 is 15.2 Å². The van der Waals surface area contributed by atoms with Gasteiger partial charge in [0.1, 0.15) is 6.04 Å². The molecule has 0 saturated heterocycles. The third-order valence-electron chi connectivity index (χ3n) is 2.25. The molecular formula is C10H21NO3. The SMILES string of the molecule is COC(=O)C(N)CCOC(C)C(C)C. The molecule has 0 aromatic heterocycles. The first-order chi connectivity index (χ1) is 6.49. The summed E-state index contributed by atoms with van der Waals surface area (Å²) in [6.07, 6.45) is 0.698. The van der Waals surface area contributed by atoms with Crippen molar-refractivity contribution in [2.75, 3.05) is 13.7 Å². The summed E-state index contributed by atoms with van der Waals surface area (Å²) in [5.74, 6) is 0.0927. The van der Waals surface area contributed by atoms with Crippen molar-refractivity contribution in [2.45, 2.75) is 39.3 Å². The van der Waals surface area contributed by atoms with Crippen molar-refractivity contribution in [1.29, 1.82) is 0 Å². The van der Waals surface area contributed by atoms with Crippen molar-refractivity contribution in [2.24, 2.45) is 11.7 Å². The molecule has 0 aromatic rings. The molecule has 84 valence electrons. The molecule has 2 N–H and O–H groups in total. The summed E-state index contributed by atoms with van der Waals surface area (Å²) >= 11 is 0. The molecule has 0 bridgehead atoms. The van der Waals surface area contributed by atoms with E-state index in [1.54, 1.807) is 0 Å². The Morgan fingerprint density at radius 2 is 1.93 bits per heavy atom. The highest BCUT2D eigenvalue weighted by Crippen LogP contribution is 2.06. The van der Waals surface area contributed by atoms with Crippen LogP contribution in [0.25, 0.3) is 0 Å². The first kappa shape index (κ1) is 13.4. The van der Waals surface area contributed by atoms with Gasteiger partial charge in [-0.1, -0.05) is 13.8 Å². The van der Waals surface area contributed by atoms with E-state index in [1.807, 2.05) is 6.92 Å². The van der Waals surface area contributed by atoms with Gasteiger partial charge in [0.25, 0.3) is 0 Å². The van der Waals surface area contributed by atoms with Gasteiger partial charge in [0.2, 0.25) is 0 Å². The van der Waals surface area contributed by atoms with Gasteiger partial charge in [-0.05, 0) is 19.3 Å². The van der Waals surface area contributed by atoms with Crippen LogP contribution in [0.4, 0.5) is 0 Å². The normalized spacial score (nSPS) is 15.3. The fourth-order valence-electron chi connectivity index (χ4n) is 0.843. The lowest BCUT2D eigenvalue weighted by molar-refractivity contribution is -0.142. The maximum atomic E-state index is 10.9. The largest absolute Gasteiger partial charge is 0.468 e. The van der Waals surface area contributed by atoms with E-state index >= 15 is 0 Å². The molecule has 0 aliphatic carbocycles. The van der Waals surface area contributed by atoms with E-state index in [9.17, 15) is 4.79 Å². The molecule has 0 spiro atoms. The number of hydrogen-bond donors (Lipinski definition) is 1. The van der Waals surface area contributed by atoms with E-state index in [1.165, 1.54) is 7.11 Å². The zero-order valence-corrected chi connectivity index (χ0v) is 9.45. The molecule has 0 saturated carbocycles. The molecule has 4 nitrogen and oxygen atoms in total. The van der Waals surface area contributed by atoms with E-state index in [-0.39, 0.29) is 12.1 Å². The molecule has 0 aromatic carbocycles. The molecule has 0 amide bonds. The summed E-state index contributed by atoms with van der Waals surface area (Å²) < 4.78 is 9.98. The number of carbonyl (C=O) groups is 1. The van der Waals surface area contributed by atoms with E-state index in [0.29, 0.717) is 18.9 Å². The fourth-order valence-corrected chi connectivity index (χ4v) is 0.843. The van der Waals surface area contributed by atoms with Crippen LogP contribution in [0, 0.1) is 5.92 Å². The minimum atomic E-state index is -0.570. The van der Waals surface area contributed by atoms with E-state index in [2.05, 4.69) is 18.6 Å². The molecule has 2 unspecified atom stereocenters. The average molecular weight is 203 g/mol. The number of hydrogen-bond acceptors (Lipinski definition) is 4. The maximum Gasteiger partial charge on any atom is 0.322 e. The number of esters is 1. The summed E-state index contributed by atoms with van der Waals surface area (Å²) in [5.41, 5.74) is 5.54. The molecule has 0 fully saturated rings. The van der Waals surface area contributed by atoms with Crippen molar-refractivity contribution >= 4 is 5.97 Å². The smallest absolute Gasteiger partial charge is 0.322 e. The van der Waals surface area contributed by atoms with Gasteiger partial charge in [-0.3, -0.25) is 4.79 Å². The Morgan fingerprint density at radius 3 is 2.36 bits per heavy atom. The topological polar surface area (TPSA) is 61.5 Å². The predicted octanol–water partition coefficient (Wildman–Crippen LogP) is 0.938. The van der Waals surface area contributed by atoms with Crippen molar-refractivity contribution in [3.63, 3.8) is 0 Å². The van der Waals surface area contributed by atoms with Gasteiger partial charge in [0, 0.05) is 6.61 Å². The summed E-state index contributed by atoms with van der Waals surface area (Å²) in [6.45, 7) is 6.68. The van der Waals surface area contributed by atoms with Crippen LogP contribution in [-0.4, -0.2) is 31.8 Å². The summed E-state index contributed by atoms with van der Waals surface area (Å²) in [6, 6.07) is -0.570. The summed E-state index contributed by atoms with van der Waals surface area (Å²) in [4.78, 5) is 10.9. The first-order valence-electron chi connectivity index (χ1n) is 4.94. The lowest BCUT2D eigenvalue weighted by Gasteiger charge is -2.17. The van der Waals surface area contributed by atoms with Crippen molar-refractivity contribution in [3.8, 4) is 0 Å². The molecule has 0 radical (unpaired) electrons. The van der Waals surface area contributed by atoms with Crippen molar-refractivity contribution in [1.82, 2.24) is 0 Å². The summed E-state index contributed by atoms with van der Waals surface area (Å²) in [5, 5.41) is 0. The van der Waals surface area contributed by atoms with Gasteiger partial charge >= 0.3 is 5.97 Å². The molecule has 0 rings (SSSR count). The van der Waals surface area contributed by atoms with Crippen LogP contribution in [0.15, 0.2) is 0 Å². The third-order valence-corrected chi connectivity index (χ3v) is 2.25.